The molecule has 0 N–H and O–H groups in total. The molecule has 0 unspecified atom stereocenters. The Kier molecular flexibility index (Phi) is 2.65. The van der Waals surface area contributed by atoms with Gasteiger partial charge in [-0.25, -0.2) is 0 Å². The highest BCUT2D eigenvalue weighted by atomic mass is 127. The molecule has 0 radical (unpaired) electrons. The van der Waals surface area contributed by atoms with E-state index in [-0.39, 0.29) is 0 Å². The van der Waals surface area contributed by atoms with E-state index in [2.05, 4.69) is 22.6 Å². The summed E-state index contributed by atoms with van der Waals surface area (Å²) >= 11 is 2.27. The molecule has 1 aromatic carbocycles. The molecule has 0 spiro atoms. The van der Waals surface area contributed by atoms with Crippen LogP contribution in [0.3, 0.4) is 0 Å². The second kappa shape index (κ2) is 3.34. The molecule has 2 heteroatoms. The molecule has 0 saturated heterocycles. The van der Waals surface area contributed by atoms with Crippen LogP contribution < -0.4 is 0 Å². The van der Waals surface area contributed by atoms with Crippen molar-refractivity contribution in [3.8, 4) is 0 Å². The molecule has 0 amide bonds. The van der Waals surface area contributed by atoms with Gasteiger partial charge in [0.25, 0.3) is 0 Å². The van der Waals surface area contributed by atoms with Crippen molar-refractivity contribution in [2.75, 3.05) is 0 Å². The molecule has 0 aromatic heterocycles. The summed E-state index contributed by atoms with van der Waals surface area (Å²) in [7, 11) is 0. The van der Waals surface area contributed by atoms with Crippen molar-refractivity contribution in [1.29, 1.82) is 0 Å². The highest BCUT2D eigenvalue weighted by Crippen LogP contribution is 2.16. The highest BCUT2D eigenvalue weighted by molar-refractivity contribution is 14.1. The van der Waals surface area contributed by atoms with Crippen LogP contribution in [0.25, 0.3) is 0 Å². The lowest BCUT2D eigenvalue weighted by atomic mass is 10.1. The molecule has 0 aliphatic carbocycles. The van der Waals surface area contributed by atoms with Gasteiger partial charge in [-0.1, -0.05) is 0 Å². The van der Waals surface area contributed by atoms with Gasteiger partial charge in [-0.05, 0) is 59.7 Å². The van der Waals surface area contributed by atoms with Gasteiger partial charge < -0.3 is 0 Å². The van der Waals surface area contributed by atoms with E-state index in [0.717, 1.165) is 17.4 Å². The summed E-state index contributed by atoms with van der Waals surface area (Å²) in [6.07, 6.45) is 0.901. The Morgan fingerprint density at radius 2 is 1.91 bits per heavy atom. The van der Waals surface area contributed by atoms with Gasteiger partial charge in [0.2, 0.25) is 0 Å². The number of aldehydes is 1. The smallest absolute Gasteiger partial charge is 0.150 e. The Labute approximate surface area is 79.9 Å². The van der Waals surface area contributed by atoms with Crippen molar-refractivity contribution in [2.24, 2.45) is 0 Å². The molecule has 0 aliphatic heterocycles. The number of hydrogen-bond acceptors (Lipinski definition) is 1. The van der Waals surface area contributed by atoms with Crippen LogP contribution in [0.15, 0.2) is 12.1 Å². The summed E-state index contributed by atoms with van der Waals surface area (Å²) in [5, 5.41) is 0. The lowest BCUT2D eigenvalue weighted by Crippen LogP contribution is -1.90. The van der Waals surface area contributed by atoms with Crippen LogP contribution in [0.4, 0.5) is 0 Å². The van der Waals surface area contributed by atoms with Crippen LogP contribution >= 0.6 is 22.6 Å². The van der Waals surface area contributed by atoms with Crippen LogP contribution in [0.2, 0.25) is 0 Å². The quantitative estimate of drug-likeness (QED) is 0.560. The van der Waals surface area contributed by atoms with E-state index in [4.69, 9.17) is 0 Å². The number of benzene rings is 1. The number of rotatable bonds is 1. The number of halogens is 1. The largest absolute Gasteiger partial charge is 0.298 e. The van der Waals surface area contributed by atoms with Crippen molar-refractivity contribution in [3.63, 3.8) is 0 Å². The van der Waals surface area contributed by atoms with Gasteiger partial charge in [-0.15, -0.1) is 0 Å². The van der Waals surface area contributed by atoms with Crippen molar-refractivity contribution < 1.29 is 4.79 Å². The monoisotopic (exact) mass is 260 g/mol. The Balaban J connectivity index is 3.31. The Morgan fingerprint density at radius 1 is 1.27 bits per heavy atom. The molecule has 58 valence electrons. The van der Waals surface area contributed by atoms with Gasteiger partial charge in [0.15, 0.2) is 0 Å². The lowest BCUT2D eigenvalue weighted by molar-refractivity contribution is 0.112. The van der Waals surface area contributed by atoms with E-state index in [1.54, 1.807) is 0 Å². The zero-order valence-electron chi connectivity index (χ0n) is 6.52. The van der Waals surface area contributed by atoms with Crippen LogP contribution in [-0.2, 0) is 0 Å². The first-order chi connectivity index (χ1) is 5.15. The summed E-state index contributed by atoms with van der Waals surface area (Å²) in [4.78, 5) is 10.5. The highest BCUT2D eigenvalue weighted by Gasteiger charge is 2.00. The predicted octanol–water partition coefficient (Wildman–Crippen LogP) is 2.72. The van der Waals surface area contributed by atoms with Crippen LogP contribution in [0.5, 0.6) is 0 Å². The minimum Gasteiger partial charge on any atom is -0.298 e. The van der Waals surface area contributed by atoms with Crippen LogP contribution in [0, 0.1) is 17.4 Å². The fourth-order valence-corrected chi connectivity index (χ4v) is 1.55. The molecule has 0 atom stereocenters. The van der Waals surface area contributed by atoms with Crippen LogP contribution in [0.1, 0.15) is 21.5 Å². The fourth-order valence-electron chi connectivity index (χ4n) is 0.930. The Bertz CT molecular complexity index is 292. The van der Waals surface area contributed by atoms with Gasteiger partial charge in [0.1, 0.15) is 6.29 Å². The lowest BCUT2D eigenvalue weighted by Gasteiger charge is -2.02. The summed E-state index contributed by atoms with van der Waals surface area (Å²) < 4.78 is 1.21. The van der Waals surface area contributed by atoms with Crippen LogP contribution in [-0.4, -0.2) is 6.29 Å². The molecule has 0 saturated carbocycles. The second-order valence-corrected chi connectivity index (χ2v) is 3.74. The van der Waals surface area contributed by atoms with Crippen molar-refractivity contribution in [1.82, 2.24) is 0 Å². The average Bonchev–Trinajstić information content (AvgIpc) is 1.97. The third-order valence-corrected chi connectivity index (χ3v) is 2.84. The summed E-state index contributed by atoms with van der Waals surface area (Å²) in [5.74, 6) is 0. The molecular formula is C9H9IO. The standard InChI is InChI=1S/C9H9IO/c1-6-4-9(10)7(2)3-8(6)5-11/h3-5H,1-2H3. The Morgan fingerprint density at radius 3 is 2.45 bits per heavy atom. The normalized spacial score (nSPS) is 9.73. The van der Waals surface area contributed by atoms with E-state index in [1.165, 1.54) is 9.13 Å². The maximum Gasteiger partial charge on any atom is 0.150 e. The van der Waals surface area contributed by atoms with Gasteiger partial charge in [-0.2, -0.15) is 0 Å². The van der Waals surface area contributed by atoms with E-state index in [1.807, 2.05) is 26.0 Å². The number of carbonyl (C=O) groups is 1. The van der Waals surface area contributed by atoms with Gasteiger partial charge in [0.05, 0.1) is 0 Å². The second-order valence-electron chi connectivity index (χ2n) is 2.58. The zero-order valence-corrected chi connectivity index (χ0v) is 8.68. The third-order valence-electron chi connectivity index (χ3n) is 1.67. The third kappa shape index (κ3) is 1.80. The number of aryl methyl sites for hydroxylation is 2. The Hall–Kier alpha value is -0.380. The minimum absolute atomic E-state index is 0.794. The first kappa shape index (κ1) is 8.71. The first-order valence-electron chi connectivity index (χ1n) is 3.37. The van der Waals surface area contributed by atoms with E-state index in [0.29, 0.717) is 0 Å². The van der Waals surface area contributed by atoms with E-state index >= 15 is 0 Å². The fraction of sp³-hybridized carbons (Fsp3) is 0.222. The van der Waals surface area contributed by atoms with Gasteiger partial charge >= 0.3 is 0 Å². The maximum atomic E-state index is 10.5. The van der Waals surface area contributed by atoms with Crippen molar-refractivity contribution in [3.05, 3.63) is 32.4 Å². The molecule has 1 nitrogen and oxygen atoms in total. The first-order valence-corrected chi connectivity index (χ1v) is 4.45. The number of hydrogen-bond donors (Lipinski definition) is 0. The maximum absolute atomic E-state index is 10.5. The molecule has 0 bridgehead atoms. The summed E-state index contributed by atoms with van der Waals surface area (Å²) in [6, 6.07) is 3.95. The molecule has 1 aromatic rings. The van der Waals surface area contributed by atoms with Crippen molar-refractivity contribution in [2.45, 2.75) is 13.8 Å². The van der Waals surface area contributed by atoms with E-state index < -0.39 is 0 Å². The molecule has 0 aliphatic rings. The zero-order chi connectivity index (χ0) is 8.43. The predicted molar refractivity (Wildman–Crippen MR) is 54.0 cm³/mol. The molecule has 0 fully saturated rings. The average molecular weight is 260 g/mol. The van der Waals surface area contributed by atoms with E-state index in [9.17, 15) is 4.79 Å². The topological polar surface area (TPSA) is 17.1 Å². The molecule has 1 rings (SSSR count). The summed E-state index contributed by atoms with van der Waals surface area (Å²) in [5.41, 5.74) is 3.01. The number of carbonyl (C=O) groups excluding carboxylic acids is 1. The molecule has 11 heavy (non-hydrogen) atoms. The SMILES string of the molecule is Cc1cc(C=O)c(C)cc1I. The molecular weight excluding hydrogens is 251 g/mol. The van der Waals surface area contributed by atoms with Gasteiger partial charge in [-0.3, -0.25) is 4.79 Å². The molecule has 0 heterocycles. The summed E-state index contributed by atoms with van der Waals surface area (Å²) in [6.45, 7) is 3.96. The van der Waals surface area contributed by atoms with Crippen molar-refractivity contribution >= 4 is 28.9 Å². The van der Waals surface area contributed by atoms with Gasteiger partial charge in [0, 0.05) is 9.13 Å². The minimum atomic E-state index is 0.794.